The van der Waals surface area contributed by atoms with Crippen molar-refractivity contribution in [3.63, 3.8) is 0 Å². The minimum Gasteiger partial charge on any atom is -0.492 e. The number of hydrogen-bond donors (Lipinski definition) is 2. The predicted octanol–water partition coefficient (Wildman–Crippen LogP) is 4.88. The van der Waals surface area contributed by atoms with Crippen molar-refractivity contribution in [2.24, 2.45) is 0 Å². The summed E-state index contributed by atoms with van der Waals surface area (Å²) in [4.78, 5) is 3.15. The fraction of sp³-hybridized carbons (Fsp3) is 0.333. The fourth-order valence-electron chi connectivity index (χ4n) is 3.96. The van der Waals surface area contributed by atoms with Crippen LogP contribution >= 0.6 is 34.7 Å². The molecule has 1 saturated heterocycles. The normalized spacial score (nSPS) is 15.8. The van der Waals surface area contributed by atoms with E-state index in [4.69, 9.17) is 27.9 Å². The zero-order valence-electron chi connectivity index (χ0n) is 17.4. The van der Waals surface area contributed by atoms with E-state index in [1.165, 1.54) is 11.9 Å². The Bertz CT molecular complexity index is 1200. The van der Waals surface area contributed by atoms with Crippen molar-refractivity contribution in [3.8, 4) is 5.75 Å². The lowest BCUT2D eigenvalue weighted by molar-refractivity contribution is 0.217. The molecule has 3 aromatic rings. The first-order valence-electron chi connectivity index (χ1n) is 10.2. The number of ether oxygens (including phenoxy) is 1. The first-order chi connectivity index (χ1) is 15.8. The number of anilines is 1. The second kappa shape index (κ2) is 10.1. The number of aromatic nitrogens is 2. The first kappa shape index (κ1) is 24.2. The van der Waals surface area contributed by atoms with Gasteiger partial charge in [-0.2, -0.15) is 4.37 Å². The molecule has 4 rings (SSSR count). The second-order valence-corrected chi connectivity index (χ2v) is 11.0. The Hall–Kier alpha value is -1.98. The van der Waals surface area contributed by atoms with Gasteiger partial charge in [0.1, 0.15) is 22.8 Å². The van der Waals surface area contributed by atoms with Gasteiger partial charge in [0, 0.05) is 28.0 Å². The largest absolute Gasteiger partial charge is 0.492 e. The highest BCUT2D eigenvalue weighted by atomic mass is 35.5. The molecule has 0 bridgehead atoms. The van der Waals surface area contributed by atoms with Crippen LogP contribution in [0.4, 0.5) is 9.52 Å². The molecule has 1 aromatic heterocycles. The Morgan fingerprint density at radius 1 is 1.18 bits per heavy atom. The molecule has 0 saturated carbocycles. The molecule has 2 N–H and O–H groups in total. The van der Waals surface area contributed by atoms with Gasteiger partial charge in [-0.1, -0.05) is 35.3 Å². The zero-order chi connectivity index (χ0) is 23.5. The summed E-state index contributed by atoms with van der Waals surface area (Å²) < 4.78 is 51.4. The molecule has 0 unspecified atom stereocenters. The Labute approximate surface area is 205 Å². The number of benzene rings is 2. The van der Waals surface area contributed by atoms with Gasteiger partial charge in [-0.3, -0.25) is 4.72 Å². The molecule has 1 fully saturated rings. The van der Waals surface area contributed by atoms with Crippen LogP contribution in [0.2, 0.25) is 10.0 Å². The van der Waals surface area contributed by atoms with Crippen LogP contribution in [-0.2, 0) is 15.4 Å². The molecule has 33 heavy (non-hydrogen) atoms. The van der Waals surface area contributed by atoms with Crippen LogP contribution in [0.25, 0.3) is 0 Å². The van der Waals surface area contributed by atoms with E-state index < -0.39 is 20.7 Å². The topological polar surface area (TPSA) is 93.2 Å². The summed E-state index contributed by atoms with van der Waals surface area (Å²) in [6, 6.07) is 9.85. The van der Waals surface area contributed by atoms with Gasteiger partial charge in [0.05, 0.1) is 11.6 Å². The minimum atomic E-state index is -4.21. The van der Waals surface area contributed by atoms with E-state index >= 15 is 0 Å². The molecular formula is C21H21Cl2FN4O3S2. The Kier molecular flexibility index (Phi) is 7.40. The van der Waals surface area contributed by atoms with Gasteiger partial charge in [0.2, 0.25) is 5.13 Å². The molecule has 2 heterocycles. The van der Waals surface area contributed by atoms with E-state index in [-0.39, 0.29) is 27.9 Å². The van der Waals surface area contributed by atoms with Gasteiger partial charge < -0.3 is 10.1 Å². The average Bonchev–Trinajstić information content (AvgIpc) is 3.29. The highest BCUT2D eigenvalue weighted by Gasteiger charge is 2.34. The Morgan fingerprint density at radius 2 is 1.91 bits per heavy atom. The highest BCUT2D eigenvalue weighted by molar-refractivity contribution is 7.93. The van der Waals surface area contributed by atoms with Crippen LogP contribution in [0.15, 0.2) is 47.6 Å². The first-order valence-corrected chi connectivity index (χ1v) is 13.2. The number of rotatable bonds is 8. The molecule has 2 aromatic carbocycles. The number of sulfonamides is 1. The number of nitrogens with zero attached hydrogens (tertiary/aromatic N) is 2. The van der Waals surface area contributed by atoms with Crippen LogP contribution in [-0.4, -0.2) is 37.5 Å². The van der Waals surface area contributed by atoms with E-state index in [1.807, 2.05) is 24.3 Å². The smallest absolute Gasteiger partial charge is 0.266 e. The van der Waals surface area contributed by atoms with Crippen LogP contribution < -0.4 is 14.8 Å². The van der Waals surface area contributed by atoms with Gasteiger partial charge in [-0.15, -0.1) is 0 Å². The second-order valence-electron chi connectivity index (χ2n) is 7.70. The molecule has 176 valence electrons. The predicted molar refractivity (Wildman–Crippen MR) is 127 cm³/mol. The minimum absolute atomic E-state index is 0.0000995. The van der Waals surface area contributed by atoms with Crippen molar-refractivity contribution in [3.05, 3.63) is 64.2 Å². The van der Waals surface area contributed by atoms with E-state index in [0.29, 0.717) is 11.4 Å². The third-order valence-electron chi connectivity index (χ3n) is 5.71. The molecule has 12 heteroatoms. The Morgan fingerprint density at radius 3 is 2.58 bits per heavy atom. The molecule has 0 atom stereocenters. The van der Waals surface area contributed by atoms with Crippen molar-refractivity contribution in [2.75, 3.05) is 24.4 Å². The third kappa shape index (κ3) is 5.58. The van der Waals surface area contributed by atoms with Crippen molar-refractivity contribution in [1.82, 2.24) is 14.7 Å². The van der Waals surface area contributed by atoms with Gasteiger partial charge in [-0.25, -0.2) is 17.8 Å². The van der Waals surface area contributed by atoms with Gasteiger partial charge >= 0.3 is 0 Å². The number of nitrogens with one attached hydrogen (secondary N) is 2. The molecule has 0 radical (unpaired) electrons. The quantitative estimate of drug-likeness (QED) is 0.431. The monoisotopic (exact) mass is 530 g/mol. The maximum Gasteiger partial charge on any atom is 0.266 e. The summed E-state index contributed by atoms with van der Waals surface area (Å²) in [7, 11) is -4.21. The molecular weight excluding hydrogens is 510 g/mol. The summed E-state index contributed by atoms with van der Waals surface area (Å²) in [5.74, 6) is -0.884. The van der Waals surface area contributed by atoms with Gasteiger partial charge in [0.25, 0.3) is 10.0 Å². The fourth-order valence-corrected chi connectivity index (χ4v) is 6.12. The SMILES string of the molecule is O=S(=O)(Nc1ncns1)c1cc(Cl)c(OCCC2(c3ccc(Cl)cc3)CCNCC2)cc1F. The maximum absolute atomic E-state index is 14.7. The van der Waals surface area contributed by atoms with E-state index in [9.17, 15) is 12.8 Å². The van der Waals surface area contributed by atoms with Gasteiger partial charge in [0.15, 0.2) is 0 Å². The molecule has 7 nitrogen and oxygen atoms in total. The van der Waals surface area contributed by atoms with Crippen LogP contribution in [0.5, 0.6) is 5.75 Å². The van der Waals surface area contributed by atoms with E-state index in [1.54, 1.807) is 0 Å². The molecule has 1 aliphatic heterocycles. The van der Waals surface area contributed by atoms with Crippen LogP contribution in [0, 0.1) is 5.82 Å². The van der Waals surface area contributed by atoms with Gasteiger partial charge in [-0.05, 0) is 56.1 Å². The summed E-state index contributed by atoms with van der Waals surface area (Å²) in [5, 5.41) is 4.08. The standard InChI is InChI=1S/C21H21Cl2FN4O3S2/c22-15-3-1-14(2-4-15)21(5-8-25-9-6-21)7-10-31-18-12-17(24)19(11-16(18)23)33(29,30)28-20-26-13-27-32-20/h1-4,11-13,25H,5-10H2,(H,26,27,28). The summed E-state index contributed by atoms with van der Waals surface area (Å²) in [6.07, 6.45) is 3.73. The summed E-state index contributed by atoms with van der Waals surface area (Å²) in [5.41, 5.74) is 1.08. The summed E-state index contributed by atoms with van der Waals surface area (Å²) >= 11 is 13.1. The highest BCUT2D eigenvalue weighted by Crippen LogP contribution is 2.38. The van der Waals surface area contributed by atoms with Crippen LogP contribution in [0.1, 0.15) is 24.8 Å². The van der Waals surface area contributed by atoms with E-state index in [0.717, 1.165) is 49.6 Å². The van der Waals surface area contributed by atoms with Crippen molar-refractivity contribution < 1.29 is 17.5 Å². The Balaban J connectivity index is 1.49. The lowest BCUT2D eigenvalue weighted by Gasteiger charge is -2.38. The number of hydrogen-bond acceptors (Lipinski definition) is 7. The zero-order valence-corrected chi connectivity index (χ0v) is 20.5. The van der Waals surface area contributed by atoms with Crippen LogP contribution in [0.3, 0.4) is 0 Å². The van der Waals surface area contributed by atoms with E-state index in [2.05, 4.69) is 19.4 Å². The molecule has 0 spiro atoms. The third-order valence-corrected chi connectivity index (χ3v) is 8.32. The molecule has 1 aliphatic rings. The van der Waals surface area contributed by atoms with Crippen molar-refractivity contribution in [2.45, 2.75) is 29.6 Å². The number of piperidine rings is 1. The van der Waals surface area contributed by atoms with Crippen molar-refractivity contribution in [1.29, 1.82) is 0 Å². The average molecular weight is 531 g/mol. The van der Waals surface area contributed by atoms with Crippen molar-refractivity contribution >= 4 is 49.9 Å². The summed E-state index contributed by atoms with van der Waals surface area (Å²) in [6.45, 7) is 2.05. The maximum atomic E-state index is 14.7. The molecule has 0 aliphatic carbocycles. The molecule has 0 amide bonds. The number of halogens is 3. The lowest BCUT2D eigenvalue weighted by Crippen LogP contribution is -2.40. The lowest BCUT2D eigenvalue weighted by atomic mass is 9.71.